The molecule has 0 fully saturated rings. The Morgan fingerprint density at radius 1 is 1.21 bits per heavy atom. The van der Waals surface area contributed by atoms with Crippen molar-refractivity contribution < 1.29 is 5.11 Å². The summed E-state index contributed by atoms with van der Waals surface area (Å²) in [5, 5.41) is 9.99. The fourth-order valence-corrected chi connectivity index (χ4v) is 1.46. The summed E-state index contributed by atoms with van der Waals surface area (Å²) in [7, 11) is 0. The highest BCUT2D eigenvalue weighted by Crippen LogP contribution is 2.32. The minimum atomic E-state index is -0.328. The van der Waals surface area contributed by atoms with E-state index in [-0.39, 0.29) is 11.5 Å². The molecule has 0 saturated heterocycles. The molecule has 0 bridgehead atoms. The topological polar surface area (TPSA) is 20.2 Å². The van der Waals surface area contributed by atoms with Crippen molar-refractivity contribution in [1.82, 2.24) is 0 Å². The van der Waals surface area contributed by atoms with Crippen molar-refractivity contribution in [3.8, 4) is 0 Å². The van der Waals surface area contributed by atoms with E-state index in [1.165, 1.54) is 0 Å². The first-order valence-electron chi connectivity index (χ1n) is 5.28. The molecule has 1 atom stereocenters. The molecular formula is C13H20O. The monoisotopic (exact) mass is 192 g/mol. The molecule has 0 radical (unpaired) electrons. The number of aliphatic hydroxyl groups is 1. The average Bonchev–Trinajstić information content (AvgIpc) is 2.19. The largest absolute Gasteiger partial charge is 0.388 e. The Labute approximate surface area is 86.8 Å². The summed E-state index contributed by atoms with van der Waals surface area (Å²) in [5.74, 6) is 0. The first-order valence-corrected chi connectivity index (χ1v) is 5.28. The van der Waals surface area contributed by atoms with Crippen LogP contribution in [0.5, 0.6) is 0 Å². The Hall–Kier alpha value is -0.820. The summed E-state index contributed by atoms with van der Waals surface area (Å²) in [6.07, 6.45) is 1.59. The third-order valence-electron chi connectivity index (χ3n) is 2.89. The van der Waals surface area contributed by atoms with Crippen molar-refractivity contribution in [2.24, 2.45) is 5.41 Å². The van der Waals surface area contributed by atoms with Crippen LogP contribution in [-0.4, -0.2) is 5.11 Å². The van der Waals surface area contributed by atoms with Crippen LogP contribution in [0.1, 0.15) is 45.3 Å². The van der Waals surface area contributed by atoms with Crippen molar-refractivity contribution in [3.63, 3.8) is 0 Å². The van der Waals surface area contributed by atoms with Gasteiger partial charge in [0.15, 0.2) is 0 Å². The van der Waals surface area contributed by atoms with Gasteiger partial charge >= 0.3 is 0 Å². The van der Waals surface area contributed by atoms with E-state index in [0.29, 0.717) is 0 Å². The lowest BCUT2D eigenvalue weighted by Crippen LogP contribution is -2.14. The molecule has 1 aromatic rings. The number of aliphatic hydroxyl groups excluding tert-OH is 1. The molecule has 1 aromatic carbocycles. The zero-order chi connectivity index (χ0) is 10.6. The molecule has 0 unspecified atom stereocenters. The normalized spacial score (nSPS) is 14.0. The van der Waals surface area contributed by atoms with Gasteiger partial charge < -0.3 is 5.11 Å². The van der Waals surface area contributed by atoms with E-state index >= 15 is 0 Å². The zero-order valence-corrected chi connectivity index (χ0v) is 9.33. The second-order valence-corrected chi connectivity index (χ2v) is 4.65. The molecule has 1 nitrogen and oxygen atoms in total. The summed E-state index contributed by atoms with van der Waals surface area (Å²) in [6, 6.07) is 9.88. The van der Waals surface area contributed by atoms with Gasteiger partial charge in [0, 0.05) is 0 Å². The van der Waals surface area contributed by atoms with Gasteiger partial charge in [0.1, 0.15) is 0 Å². The van der Waals surface area contributed by atoms with Gasteiger partial charge in [-0.2, -0.15) is 0 Å². The molecule has 0 spiro atoms. The minimum absolute atomic E-state index is 0.218. The van der Waals surface area contributed by atoms with Gasteiger partial charge in [0.2, 0.25) is 0 Å². The number of benzene rings is 1. The minimum Gasteiger partial charge on any atom is -0.388 e. The van der Waals surface area contributed by atoms with Crippen molar-refractivity contribution in [2.75, 3.05) is 0 Å². The SMILES string of the molecule is CCC(C)(C)C[C@@H](O)c1ccccc1. The van der Waals surface area contributed by atoms with Crippen LogP contribution in [0.15, 0.2) is 30.3 Å². The van der Waals surface area contributed by atoms with Gasteiger partial charge in [0.05, 0.1) is 6.10 Å². The molecular weight excluding hydrogens is 172 g/mol. The van der Waals surface area contributed by atoms with Crippen LogP contribution in [0, 0.1) is 5.41 Å². The third-order valence-corrected chi connectivity index (χ3v) is 2.89. The van der Waals surface area contributed by atoms with Crippen LogP contribution >= 0.6 is 0 Å². The third kappa shape index (κ3) is 3.15. The van der Waals surface area contributed by atoms with Crippen LogP contribution in [0.4, 0.5) is 0 Å². The summed E-state index contributed by atoms with van der Waals surface area (Å²) in [4.78, 5) is 0. The molecule has 0 aromatic heterocycles. The second-order valence-electron chi connectivity index (χ2n) is 4.65. The van der Waals surface area contributed by atoms with Crippen LogP contribution < -0.4 is 0 Å². The molecule has 1 heteroatoms. The van der Waals surface area contributed by atoms with Gasteiger partial charge in [-0.15, -0.1) is 0 Å². The highest BCUT2D eigenvalue weighted by molar-refractivity contribution is 5.17. The quantitative estimate of drug-likeness (QED) is 0.773. The smallest absolute Gasteiger partial charge is 0.0795 e. The van der Waals surface area contributed by atoms with Gasteiger partial charge in [-0.05, 0) is 17.4 Å². The van der Waals surface area contributed by atoms with Crippen molar-refractivity contribution in [3.05, 3.63) is 35.9 Å². The van der Waals surface area contributed by atoms with Gasteiger partial charge in [0.25, 0.3) is 0 Å². The van der Waals surface area contributed by atoms with Crippen LogP contribution in [0.25, 0.3) is 0 Å². The Morgan fingerprint density at radius 2 is 1.79 bits per heavy atom. The maximum Gasteiger partial charge on any atom is 0.0795 e. The van der Waals surface area contributed by atoms with E-state index in [0.717, 1.165) is 18.4 Å². The Balaban J connectivity index is 2.64. The lowest BCUT2D eigenvalue weighted by atomic mass is 9.82. The predicted octanol–water partition coefficient (Wildman–Crippen LogP) is 3.55. The molecule has 78 valence electrons. The Bertz CT molecular complexity index is 264. The molecule has 0 aliphatic heterocycles. The zero-order valence-electron chi connectivity index (χ0n) is 9.33. The molecule has 0 aliphatic carbocycles. The molecule has 0 amide bonds. The molecule has 0 aliphatic rings. The average molecular weight is 192 g/mol. The lowest BCUT2D eigenvalue weighted by molar-refractivity contribution is 0.112. The van der Waals surface area contributed by atoms with Crippen LogP contribution in [0.2, 0.25) is 0 Å². The number of hydrogen-bond donors (Lipinski definition) is 1. The maximum atomic E-state index is 9.99. The van der Waals surface area contributed by atoms with Gasteiger partial charge in [-0.25, -0.2) is 0 Å². The highest BCUT2D eigenvalue weighted by Gasteiger charge is 2.20. The Morgan fingerprint density at radius 3 is 2.29 bits per heavy atom. The second kappa shape index (κ2) is 4.61. The first kappa shape index (κ1) is 11.3. The van der Waals surface area contributed by atoms with Crippen molar-refractivity contribution in [2.45, 2.75) is 39.7 Å². The van der Waals surface area contributed by atoms with E-state index < -0.39 is 0 Å². The summed E-state index contributed by atoms with van der Waals surface area (Å²) < 4.78 is 0. The molecule has 0 saturated carbocycles. The molecule has 1 N–H and O–H groups in total. The summed E-state index contributed by atoms with van der Waals surface area (Å²) in [5.41, 5.74) is 1.24. The maximum absolute atomic E-state index is 9.99. The van der Waals surface area contributed by atoms with E-state index in [4.69, 9.17) is 0 Å². The number of rotatable bonds is 4. The molecule has 1 rings (SSSR count). The summed E-state index contributed by atoms with van der Waals surface area (Å²) in [6.45, 7) is 6.55. The fraction of sp³-hybridized carbons (Fsp3) is 0.538. The van der Waals surface area contributed by atoms with Crippen molar-refractivity contribution >= 4 is 0 Å². The first-order chi connectivity index (χ1) is 6.55. The van der Waals surface area contributed by atoms with E-state index in [1.807, 2.05) is 30.3 Å². The van der Waals surface area contributed by atoms with Gasteiger partial charge in [-0.3, -0.25) is 0 Å². The lowest BCUT2D eigenvalue weighted by Gasteiger charge is -2.25. The predicted molar refractivity (Wildman–Crippen MR) is 60.1 cm³/mol. The van der Waals surface area contributed by atoms with Gasteiger partial charge in [-0.1, -0.05) is 57.5 Å². The standard InChI is InChI=1S/C13H20O/c1-4-13(2,3)10-12(14)11-8-6-5-7-9-11/h5-9,12,14H,4,10H2,1-3H3/t12-/m1/s1. The van der Waals surface area contributed by atoms with E-state index in [2.05, 4.69) is 20.8 Å². The van der Waals surface area contributed by atoms with Crippen LogP contribution in [0.3, 0.4) is 0 Å². The highest BCUT2D eigenvalue weighted by atomic mass is 16.3. The fourth-order valence-electron chi connectivity index (χ4n) is 1.46. The van der Waals surface area contributed by atoms with Crippen molar-refractivity contribution in [1.29, 1.82) is 0 Å². The van der Waals surface area contributed by atoms with Crippen LogP contribution in [-0.2, 0) is 0 Å². The van der Waals surface area contributed by atoms with E-state index in [9.17, 15) is 5.11 Å². The molecule has 14 heavy (non-hydrogen) atoms. The summed E-state index contributed by atoms with van der Waals surface area (Å²) >= 11 is 0. The number of hydrogen-bond acceptors (Lipinski definition) is 1. The Kier molecular flexibility index (Phi) is 3.70. The molecule has 0 heterocycles. The van der Waals surface area contributed by atoms with E-state index in [1.54, 1.807) is 0 Å².